The molecule has 2 heterocycles. The first-order valence-corrected chi connectivity index (χ1v) is 8.87. The van der Waals surface area contributed by atoms with Crippen molar-refractivity contribution in [2.75, 3.05) is 31.5 Å². The van der Waals surface area contributed by atoms with Gasteiger partial charge in [-0.3, -0.25) is 14.4 Å². The molecule has 1 fully saturated rings. The van der Waals surface area contributed by atoms with E-state index in [0.29, 0.717) is 31.9 Å². The lowest BCUT2D eigenvalue weighted by Gasteiger charge is -2.33. The molecule has 0 radical (unpaired) electrons. The van der Waals surface area contributed by atoms with Crippen LogP contribution < -0.4 is 5.32 Å². The highest BCUT2D eigenvalue weighted by atomic mass is 16.3. The highest BCUT2D eigenvalue weighted by Gasteiger charge is 2.29. The topological polar surface area (TPSA) is 82.9 Å². The van der Waals surface area contributed by atoms with Gasteiger partial charge < -0.3 is 19.5 Å². The normalized spacial score (nSPS) is 14.2. The number of hydrogen-bond donors (Lipinski definition) is 1. The third-order valence-electron chi connectivity index (χ3n) is 4.70. The van der Waals surface area contributed by atoms with Gasteiger partial charge in [-0.2, -0.15) is 0 Å². The minimum absolute atomic E-state index is 0.206. The molecule has 0 bridgehead atoms. The summed E-state index contributed by atoms with van der Waals surface area (Å²) >= 11 is 0. The third-order valence-corrected chi connectivity index (χ3v) is 4.70. The van der Waals surface area contributed by atoms with Crippen LogP contribution in [0.15, 0.2) is 34.9 Å². The van der Waals surface area contributed by atoms with Gasteiger partial charge in [0.25, 0.3) is 5.91 Å². The lowest BCUT2D eigenvalue weighted by molar-refractivity contribution is -0.144. The van der Waals surface area contributed by atoms with Gasteiger partial charge in [-0.1, -0.05) is 17.7 Å². The summed E-state index contributed by atoms with van der Waals surface area (Å²) in [5, 5.41) is 2.73. The summed E-state index contributed by atoms with van der Waals surface area (Å²) < 4.78 is 5.12. The van der Waals surface area contributed by atoms with E-state index in [1.54, 1.807) is 17.0 Å². The van der Waals surface area contributed by atoms with E-state index in [0.717, 1.165) is 16.7 Å². The van der Waals surface area contributed by atoms with Crippen molar-refractivity contribution in [3.8, 4) is 0 Å². The van der Waals surface area contributed by atoms with Crippen molar-refractivity contribution in [1.29, 1.82) is 0 Å². The van der Waals surface area contributed by atoms with Gasteiger partial charge in [0, 0.05) is 31.9 Å². The minimum Gasteiger partial charge on any atom is -0.459 e. The number of carbonyl (C=O) groups excluding carboxylic acids is 3. The SMILES string of the molecule is Cc1cc(C)c(NC(=O)C(=O)N2CCN(C(=O)c3ccco3)CC2)c(C)c1. The molecular formula is C20H23N3O4. The standard InChI is InChI=1S/C20H23N3O4/c1-13-11-14(2)17(15(3)12-13)21-18(24)20(26)23-8-6-22(7-9-23)19(25)16-5-4-10-27-16/h4-5,10-12H,6-9H2,1-3H3,(H,21,24). The van der Waals surface area contributed by atoms with Gasteiger partial charge in [0.15, 0.2) is 5.76 Å². The Morgan fingerprint density at radius 3 is 2.11 bits per heavy atom. The fourth-order valence-electron chi connectivity index (χ4n) is 3.36. The summed E-state index contributed by atoms with van der Waals surface area (Å²) in [7, 11) is 0. The molecule has 7 heteroatoms. The average molecular weight is 369 g/mol. The van der Waals surface area contributed by atoms with E-state index >= 15 is 0 Å². The van der Waals surface area contributed by atoms with E-state index < -0.39 is 11.8 Å². The first-order valence-electron chi connectivity index (χ1n) is 8.87. The summed E-state index contributed by atoms with van der Waals surface area (Å²) in [6.07, 6.45) is 1.45. The smallest absolute Gasteiger partial charge is 0.313 e. The Morgan fingerprint density at radius 1 is 0.963 bits per heavy atom. The average Bonchev–Trinajstić information content (AvgIpc) is 3.18. The monoisotopic (exact) mass is 369 g/mol. The van der Waals surface area contributed by atoms with Gasteiger partial charge in [-0.05, 0) is 44.0 Å². The van der Waals surface area contributed by atoms with Crippen LogP contribution in [0.2, 0.25) is 0 Å². The molecule has 27 heavy (non-hydrogen) atoms. The molecule has 1 saturated heterocycles. The maximum Gasteiger partial charge on any atom is 0.313 e. The van der Waals surface area contributed by atoms with Crippen molar-refractivity contribution in [3.63, 3.8) is 0 Å². The lowest BCUT2D eigenvalue weighted by Crippen LogP contribution is -2.53. The number of piperazine rings is 1. The van der Waals surface area contributed by atoms with Crippen molar-refractivity contribution >= 4 is 23.4 Å². The molecule has 1 aromatic heterocycles. The highest BCUT2D eigenvalue weighted by Crippen LogP contribution is 2.22. The third kappa shape index (κ3) is 4.02. The molecule has 0 saturated carbocycles. The van der Waals surface area contributed by atoms with Crippen LogP contribution in [0.5, 0.6) is 0 Å². The Morgan fingerprint density at radius 2 is 1.56 bits per heavy atom. The first-order chi connectivity index (χ1) is 12.9. The Kier molecular flexibility index (Phi) is 5.30. The van der Waals surface area contributed by atoms with Gasteiger partial charge >= 0.3 is 11.8 Å². The molecular weight excluding hydrogens is 346 g/mol. The molecule has 3 amide bonds. The molecule has 1 N–H and O–H groups in total. The van der Waals surface area contributed by atoms with Crippen LogP contribution in [-0.4, -0.2) is 53.7 Å². The maximum absolute atomic E-state index is 12.5. The van der Waals surface area contributed by atoms with E-state index in [1.807, 2.05) is 32.9 Å². The largest absolute Gasteiger partial charge is 0.459 e. The number of benzene rings is 1. The molecule has 1 aromatic carbocycles. The summed E-state index contributed by atoms with van der Waals surface area (Å²) in [6, 6.07) is 7.20. The summed E-state index contributed by atoms with van der Waals surface area (Å²) in [5.74, 6) is -1.17. The molecule has 1 aliphatic rings. The highest BCUT2D eigenvalue weighted by molar-refractivity contribution is 6.39. The van der Waals surface area contributed by atoms with Crippen LogP contribution in [0.1, 0.15) is 27.2 Å². The van der Waals surface area contributed by atoms with E-state index in [1.165, 1.54) is 11.2 Å². The predicted octanol–water partition coefficient (Wildman–Crippen LogP) is 2.13. The first kappa shape index (κ1) is 18.7. The summed E-state index contributed by atoms with van der Waals surface area (Å²) in [4.78, 5) is 40.3. The van der Waals surface area contributed by atoms with Crippen LogP contribution in [0, 0.1) is 20.8 Å². The Balaban J connectivity index is 1.59. The molecule has 7 nitrogen and oxygen atoms in total. The zero-order chi connectivity index (χ0) is 19.6. The fourth-order valence-corrected chi connectivity index (χ4v) is 3.36. The van der Waals surface area contributed by atoms with Crippen molar-refractivity contribution in [2.45, 2.75) is 20.8 Å². The quantitative estimate of drug-likeness (QED) is 0.822. The zero-order valence-electron chi connectivity index (χ0n) is 15.7. The summed E-state index contributed by atoms with van der Waals surface area (Å²) in [5.41, 5.74) is 3.61. The van der Waals surface area contributed by atoms with Crippen molar-refractivity contribution in [1.82, 2.24) is 9.80 Å². The predicted molar refractivity (Wildman–Crippen MR) is 100 cm³/mol. The second-order valence-electron chi connectivity index (χ2n) is 6.79. The number of carbonyl (C=O) groups is 3. The van der Waals surface area contributed by atoms with Gasteiger partial charge in [-0.15, -0.1) is 0 Å². The number of furan rings is 1. The molecule has 3 rings (SSSR count). The van der Waals surface area contributed by atoms with Crippen molar-refractivity contribution in [3.05, 3.63) is 53.0 Å². The van der Waals surface area contributed by atoms with Gasteiger partial charge in [-0.25, -0.2) is 0 Å². The van der Waals surface area contributed by atoms with E-state index in [4.69, 9.17) is 4.42 Å². The van der Waals surface area contributed by atoms with E-state index in [2.05, 4.69) is 5.32 Å². The van der Waals surface area contributed by atoms with Gasteiger partial charge in [0.1, 0.15) is 0 Å². The fraction of sp³-hybridized carbons (Fsp3) is 0.350. The Bertz CT molecular complexity index is 842. The second kappa shape index (κ2) is 7.65. The van der Waals surface area contributed by atoms with Crippen LogP contribution in [0.3, 0.4) is 0 Å². The molecule has 0 atom stereocenters. The van der Waals surface area contributed by atoms with Crippen molar-refractivity contribution < 1.29 is 18.8 Å². The van der Waals surface area contributed by atoms with Crippen molar-refractivity contribution in [2.24, 2.45) is 0 Å². The number of amides is 3. The Hall–Kier alpha value is -3.09. The zero-order valence-corrected chi connectivity index (χ0v) is 15.7. The molecule has 0 unspecified atom stereocenters. The lowest BCUT2D eigenvalue weighted by atomic mass is 10.1. The molecule has 0 aliphatic carbocycles. The van der Waals surface area contributed by atoms with E-state index in [-0.39, 0.29) is 11.7 Å². The molecule has 1 aliphatic heterocycles. The number of aryl methyl sites for hydroxylation is 3. The molecule has 0 spiro atoms. The summed E-state index contributed by atoms with van der Waals surface area (Å²) in [6.45, 7) is 7.13. The van der Waals surface area contributed by atoms with Crippen LogP contribution in [0.4, 0.5) is 5.69 Å². The Labute approximate surface area is 157 Å². The van der Waals surface area contributed by atoms with E-state index in [9.17, 15) is 14.4 Å². The van der Waals surface area contributed by atoms with Gasteiger partial charge in [0.05, 0.1) is 6.26 Å². The van der Waals surface area contributed by atoms with Crippen LogP contribution >= 0.6 is 0 Å². The van der Waals surface area contributed by atoms with Crippen LogP contribution in [-0.2, 0) is 9.59 Å². The number of nitrogens with one attached hydrogen (secondary N) is 1. The van der Waals surface area contributed by atoms with Crippen LogP contribution in [0.25, 0.3) is 0 Å². The van der Waals surface area contributed by atoms with Gasteiger partial charge in [0.2, 0.25) is 0 Å². The number of anilines is 1. The maximum atomic E-state index is 12.5. The number of nitrogens with zero attached hydrogens (tertiary/aromatic N) is 2. The number of hydrogen-bond acceptors (Lipinski definition) is 4. The molecule has 2 aromatic rings. The molecule has 142 valence electrons. The minimum atomic E-state index is -0.657. The number of rotatable bonds is 2. The second-order valence-corrected chi connectivity index (χ2v) is 6.79.